The zero-order chi connectivity index (χ0) is 19.8. The van der Waals surface area contributed by atoms with Crippen LogP contribution >= 0.6 is 0 Å². The maximum Gasteiger partial charge on any atom is 0.581 e. The molecule has 0 aromatic heterocycles. The van der Waals surface area contributed by atoms with Crippen LogP contribution in [0.4, 0.5) is 30.7 Å². The molecule has 0 heterocycles. The van der Waals surface area contributed by atoms with Crippen LogP contribution in [0.15, 0.2) is 0 Å². The van der Waals surface area contributed by atoms with Gasteiger partial charge in [0.1, 0.15) is 0 Å². The van der Waals surface area contributed by atoms with E-state index >= 15 is 0 Å². The Morgan fingerprint density at radius 1 is 0.625 bits per heavy atom. The Kier molecular flexibility index (Phi) is 10.8. The van der Waals surface area contributed by atoms with Crippen molar-refractivity contribution in [3.8, 4) is 0 Å². The van der Waals surface area contributed by atoms with Crippen molar-refractivity contribution in [2.75, 3.05) is 42.7 Å². The number of hydrogen-bond donors (Lipinski definition) is 0. The van der Waals surface area contributed by atoms with Gasteiger partial charge in [0.2, 0.25) is 0 Å². The van der Waals surface area contributed by atoms with Gasteiger partial charge < -0.3 is 26.6 Å². The molecular weight excluding hydrogens is 393 g/mol. The minimum absolute atomic E-state index is 0.500. The first-order valence-corrected chi connectivity index (χ1v) is 8.98. The normalized spacial score (nSPS) is 13.8. The molecule has 6 nitrogen and oxygen atoms in total. The summed E-state index contributed by atoms with van der Waals surface area (Å²) in [6.45, 7) is 0. The van der Waals surface area contributed by atoms with E-state index in [1.54, 1.807) is 21.3 Å². The SMILES string of the molecule is CO[SiH](OC)OC.CO[Si](OC)(OC)C(F)(F)C(F)(F)C(F)(F)F. The van der Waals surface area contributed by atoms with Gasteiger partial charge in [0.15, 0.2) is 0 Å². The molecule has 0 bridgehead atoms. The summed E-state index contributed by atoms with van der Waals surface area (Å²) in [5, 5.41) is 0. The molecule has 24 heavy (non-hydrogen) atoms. The maximum atomic E-state index is 13.2. The Balaban J connectivity index is 0. The molecule has 0 radical (unpaired) electrons. The van der Waals surface area contributed by atoms with Gasteiger partial charge in [-0.2, -0.15) is 30.7 Å². The molecule has 0 fully saturated rings. The number of hydrogen-bond acceptors (Lipinski definition) is 6. The Labute approximate surface area is 137 Å². The van der Waals surface area contributed by atoms with Crippen LogP contribution in [-0.4, -0.2) is 78.6 Å². The molecule has 0 spiro atoms. The van der Waals surface area contributed by atoms with Gasteiger partial charge in [0.05, 0.1) is 0 Å². The fraction of sp³-hybridized carbons (Fsp3) is 1.00. The molecule has 0 unspecified atom stereocenters. The van der Waals surface area contributed by atoms with Crippen LogP contribution in [0.25, 0.3) is 0 Å². The van der Waals surface area contributed by atoms with Crippen molar-refractivity contribution in [2.24, 2.45) is 0 Å². The zero-order valence-corrected chi connectivity index (χ0v) is 15.8. The lowest BCUT2D eigenvalue weighted by Crippen LogP contribution is -2.70. The van der Waals surface area contributed by atoms with Crippen molar-refractivity contribution in [1.82, 2.24) is 0 Å². The molecule has 0 saturated heterocycles. The second-order valence-electron chi connectivity index (χ2n) is 3.81. The fourth-order valence-corrected chi connectivity index (χ4v) is 3.67. The van der Waals surface area contributed by atoms with Crippen molar-refractivity contribution >= 4 is 18.3 Å². The van der Waals surface area contributed by atoms with Gasteiger partial charge >= 0.3 is 36.0 Å². The molecule has 0 rings (SSSR count). The van der Waals surface area contributed by atoms with Crippen molar-refractivity contribution in [3.05, 3.63) is 0 Å². The van der Waals surface area contributed by atoms with Crippen molar-refractivity contribution in [3.63, 3.8) is 0 Å². The highest BCUT2D eigenvalue weighted by Gasteiger charge is 2.84. The molecule has 0 aliphatic carbocycles. The summed E-state index contributed by atoms with van der Waals surface area (Å²) >= 11 is 0. The molecular formula is C9H19F7O6Si2. The Hall–Kier alpha value is -0.296. The molecule has 0 aromatic rings. The summed E-state index contributed by atoms with van der Waals surface area (Å²) in [7, 11) is -0.946. The molecule has 0 atom stereocenters. The van der Waals surface area contributed by atoms with E-state index in [-0.39, 0.29) is 0 Å². The summed E-state index contributed by atoms with van der Waals surface area (Å²) in [4.78, 5) is 0. The minimum Gasteiger partial charge on any atom is -0.379 e. The molecule has 0 N–H and O–H groups in total. The summed E-state index contributed by atoms with van der Waals surface area (Å²) in [6, 6.07) is 0. The van der Waals surface area contributed by atoms with Crippen LogP contribution in [0.1, 0.15) is 0 Å². The topological polar surface area (TPSA) is 55.4 Å². The van der Waals surface area contributed by atoms with E-state index < -0.39 is 36.0 Å². The van der Waals surface area contributed by atoms with Crippen LogP contribution in [0, 0.1) is 0 Å². The smallest absolute Gasteiger partial charge is 0.379 e. The van der Waals surface area contributed by atoms with Gasteiger partial charge in [-0.3, -0.25) is 0 Å². The lowest BCUT2D eigenvalue weighted by Gasteiger charge is -2.36. The number of rotatable bonds is 8. The Morgan fingerprint density at radius 3 is 1.04 bits per heavy atom. The standard InChI is InChI=1S/C6H9F7O3Si.C3H10O3Si/c1-14-17(15-2,16-3)6(12,13)4(7,8)5(9,10)11;1-4-7(5-2)6-3/h1-3H3;7H,1-3H3. The van der Waals surface area contributed by atoms with Crippen LogP contribution in [0.5, 0.6) is 0 Å². The largest absolute Gasteiger partial charge is 0.581 e. The van der Waals surface area contributed by atoms with Crippen molar-refractivity contribution in [2.45, 2.75) is 17.6 Å². The van der Waals surface area contributed by atoms with E-state index in [4.69, 9.17) is 13.3 Å². The number of halogens is 7. The molecule has 0 aromatic carbocycles. The molecule has 0 saturated carbocycles. The third kappa shape index (κ3) is 5.35. The van der Waals surface area contributed by atoms with E-state index in [0.717, 1.165) is 0 Å². The highest BCUT2D eigenvalue weighted by molar-refractivity contribution is 6.63. The Morgan fingerprint density at radius 2 is 0.917 bits per heavy atom. The quantitative estimate of drug-likeness (QED) is 0.448. The van der Waals surface area contributed by atoms with Crippen LogP contribution in [-0.2, 0) is 26.6 Å². The van der Waals surface area contributed by atoms with E-state index in [9.17, 15) is 30.7 Å². The van der Waals surface area contributed by atoms with Crippen molar-refractivity contribution < 1.29 is 57.3 Å². The third-order valence-electron chi connectivity index (χ3n) is 2.52. The number of alkyl halides is 7. The fourth-order valence-electron chi connectivity index (χ4n) is 1.29. The molecule has 0 aliphatic heterocycles. The second kappa shape index (κ2) is 10.00. The van der Waals surface area contributed by atoms with E-state index in [1.807, 2.05) is 0 Å². The highest BCUT2D eigenvalue weighted by Crippen LogP contribution is 2.50. The van der Waals surface area contributed by atoms with Gasteiger partial charge in [-0.05, 0) is 0 Å². The Bertz CT molecular complexity index is 332. The monoisotopic (exact) mass is 412 g/mol. The van der Waals surface area contributed by atoms with Crippen molar-refractivity contribution in [1.29, 1.82) is 0 Å². The summed E-state index contributed by atoms with van der Waals surface area (Å²) in [5.41, 5.74) is -5.64. The first-order chi connectivity index (χ1) is 10.8. The summed E-state index contributed by atoms with van der Waals surface area (Å²) < 4.78 is 114. The molecule has 15 heteroatoms. The van der Waals surface area contributed by atoms with Gasteiger partial charge in [-0.1, -0.05) is 0 Å². The first kappa shape index (κ1) is 25.9. The predicted molar refractivity (Wildman–Crippen MR) is 70.9 cm³/mol. The van der Waals surface area contributed by atoms with Crippen LogP contribution in [0.3, 0.4) is 0 Å². The van der Waals surface area contributed by atoms with Crippen LogP contribution in [0.2, 0.25) is 0 Å². The predicted octanol–water partition coefficient (Wildman–Crippen LogP) is 1.88. The van der Waals surface area contributed by atoms with E-state index in [0.29, 0.717) is 21.3 Å². The second-order valence-corrected chi connectivity index (χ2v) is 8.77. The summed E-state index contributed by atoms with van der Waals surface area (Å²) in [6.07, 6.45) is -6.45. The zero-order valence-electron chi connectivity index (χ0n) is 13.7. The minimum atomic E-state index is -6.45. The molecule has 0 amide bonds. The molecule has 148 valence electrons. The average molecular weight is 412 g/mol. The first-order valence-electron chi connectivity index (χ1n) is 5.84. The van der Waals surface area contributed by atoms with Gasteiger partial charge in [-0.15, -0.1) is 0 Å². The van der Waals surface area contributed by atoms with E-state index in [2.05, 4.69) is 13.3 Å². The highest BCUT2D eigenvalue weighted by atomic mass is 28.4. The molecule has 0 aliphatic rings. The van der Waals surface area contributed by atoms with Gasteiger partial charge in [0.25, 0.3) is 0 Å². The lowest BCUT2D eigenvalue weighted by molar-refractivity contribution is -0.344. The lowest BCUT2D eigenvalue weighted by atomic mass is 10.3. The van der Waals surface area contributed by atoms with Crippen LogP contribution < -0.4 is 0 Å². The maximum absolute atomic E-state index is 13.2. The third-order valence-corrected chi connectivity index (χ3v) is 6.37. The van der Waals surface area contributed by atoms with E-state index in [1.165, 1.54) is 0 Å². The van der Waals surface area contributed by atoms with Gasteiger partial charge in [0, 0.05) is 42.7 Å². The average Bonchev–Trinajstić information content (AvgIpc) is 2.50. The van der Waals surface area contributed by atoms with Gasteiger partial charge in [-0.25, -0.2) is 0 Å². The summed E-state index contributed by atoms with van der Waals surface area (Å²) in [5.74, 6) is -6.33.